The molecule has 3 heterocycles. The van der Waals surface area contributed by atoms with E-state index >= 15 is 0 Å². The molecule has 7 nitrogen and oxygen atoms in total. The summed E-state index contributed by atoms with van der Waals surface area (Å²) in [6.07, 6.45) is 2.56. The van der Waals surface area contributed by atoms with Crippen LogP contribution in [0.4, 0.5) is 15.9 Å². The predicted molar refractivity (Wildman–Crippen MR) is 111 cm³/mol. The monoisotopic (exact) mass is 407 g/mol. The Bertz CT molecular complexity index is 1080. The topological polar surface area (TPSA) is 80.1 Å². The number of pyridine rings is 1. The van der Waals surface area contributed by atoms with Crippen LogP contribution in [0.2, 0.25) is 0 Å². The molecule has 0 fully saturated rings. The van der Waals surface area contributed by atoms with Gasteiger partial charge < -0.3 is 5.32 Å². The summed E-state index contributed by atoms with van der Waals surface area (Å²) in [4.78, 5) is 30.9. The van der Waals surface area contributed by atoms with Gasteiger partial charge in [0, 0.05) is 37.6 Å². The van der Waals surface area contributed by atoms with Gasteiger partial charge in [-0.05, 0) is 37.6 Å². The lowest BCUT2D eigenvalue weighted by atomic mass is 10.1. The number of rotatable bonds is 5. The van der Waals surface area contributed by atoms with E-state index in [4.69, 9.17) is 0 Å². The molecule has 0 spiro atoms. The van der Waals surface area contributed by atoms with Crippen molar-refractivity contribution >= 4 is 23.3 Å². The molecule has 1 aliphatic heterocycles. The van der Waals surface area contributed by atoms with Crippen LogP contribution >= 0.6 is 0 Å². The first-order valence-corrected chi connectivity index (χ1v) is 9.86. The first kappa shape index (κ1) is 19.8. The number of nitrogens with one attached hydrogen (secondary N) is 1. The molecule has 1 aromatic carbocycles. The first-order chi connectivity index (χ1) is 14.5. The third-order valence-corrected chi connectivity index (χ3v) is 4.94. The number of aryl methyl sites for hydroxylation is 2. The van der Waals surface area contributed by atoms with E-state index in [2.05, 4.69) is 15.4 Å². The molecule has 1 N–H and O–H groups in total. The molecule has 1 aliphatic rings. The molecule has 0 saturated carbocycles. The van der Waals surface area contributed by atoms with E-state index in [1.54, 1.807) is 29.2 Å². The van der Waals surface area contributed by atoms with Crippen LogP contribution in [0.25, 0.3) is 11.3 Å². The largest absolute Gasteiger partial charge is 0.325 e. The van der Waals surface area contributed by atoms with E-state index in [-0.39, 0.29) is 30.5 Å². The summed E-state index contributed by atoms with van der Waals surface area (Å²) < 4.78 is 15.2. The van der Waals surface area contributed by atoms with E-state index in [0.717, 1.165) is 24.5 Å². The molecule has 0 saturated heterocycles. The Balaban J connectivity index is 1.32. The molecule has 154 valence electrons. The van der Waals surface area contributed by atoms with Crippen LogP contribution in [0, 0.1) is 12.7 Å². The fraction of sp³-hybridized carbons (Fsp3) is 0.273. The minimum atomic E-state index is -0.330. The van der Waals surface area contributed by atoms with Crippen molar-refractivity contribution in [1.29, 1.82) is 0 Å². The zero-order valence-corrected chi connectivity index (χ0v) is 16.6. The van der Waals surface area contributed by atoms with Gasteiger partial charge in [-0.3, -0.25) is 19.5 Å². The second-order valence-electron chi connectivity index (χ2n) is 7.26. The van der Waals surface area contributed by atoms with Crippen LogP contribution < -0.4 is 10.2 Å². The summed E-state index contributed by atoms with van der Waals surface area (Å²) in [7, 11) is 0. The second-order valence-corrected chi connectivity index (χ2v) is 7.26. The van der Waals surface area contributed by atoms with Crippen molar-refractivity contribution in [3.63, 3.8) is 0 Å². The first-order valence-electron chi connectivity index (χ1n) is 9.86. The van der Waals surface area contributed by atoms with E-state index in [1.807, 2.05) is 17.7 Å². The third-order valence-electron chi connectivity index (χ3n) is 4.94. The lowest BCUT2D eigenvalue weighted by molar-refractivity contribution is -0.122. The molecule has 2 amide bonds. The van der Waals surface area contributed by atoms with Crippen molar-refractivity contribution in [2.75, 3.05) is 16.8 Å². The smallest absolute Gasteiger partial charge is 0.228 e. The number of halogens is 1. The molecule has 8 heteroatoms. The van der Waals surface area contributed by atoms with Crippen LogP contribution in [0.15, 0.2) is 48.7 Å². The molecule has 0 radical (unpaired) electrons. The minimum Gasteiger partial charge on any atom is -0.325 e. The SMILES string of the molecule is Cc1cc2n(n1)CCCN2C(=O)CCC(=O)Nc1ccc(-c2cccc(F)c2)nc1. The molecule has 2 aromatic heterocycles. The average molecular weight is 407 g/mol. The number of anilines is 2. The highest BCUT2D eigenvalue weighted by Crippen LogP contribution is 2.23. The molecular formula is C22H22FN5O2. The normalized spacial score (nSPS) is 13.1. The fourth-order valence-electron chi connectivity index (χ4n) is 3.52. The van der Waals surface area contributed by atoms with Gasteiger partial charge >= 0.3 is 0 Å². The molecule has 0 bridgehead atoms. The molecule has 3 aromatic rings. The number of carbonyl (C=O) groups is 2. The number of carbonyl (C=O) groups excluding carboxylic acids is 2. The predicted octanol–water partition coefficient (Wildman–Crippen LogP) is 3.55. The van der Waals surface area contributed by atoms with Gasteiger partial charge in [-0.15, -0.1) is 0 Å². The van der Waals surface area contributed by atoms with Gasteiger partial charge in [0.25, 0.3) is 0 Å². The minimum absolute atomic E-state index is 0.0775. The summed E-state index contributed by atoms with van der Waals surface area (Å²) in [6, 6.07) is 11.5. The van der Waals surface area contributed by atoms with Crippen LogP contribution in [0.1, 0.15) is 25.0 Å². The van der Waals surface area contributed by atoms with Gasteiger partial charge in [0.1, 0.15) is 11.6 Å². The maximum atomic E-state index is 13.4. The quantitative estimate of drug-likeness (QED) is 0.701. The lowest BCUT2D eigenvalue weighted by Crippen LogP contribution is -2.37. The maximum absolute atomic E-state index is 13.4. The third kappa shape index (κ3) is 4.37. The van der Waals surface area contributed by atoms with Crippen molar-refractivity contribution in [2.45, 2.75) is 32.7 Å². The number of aromatic nitrogens is 3. The van der Waals surface area contributed by atoms with Crippen LogP contribution in [0.3, 0.4) is 0 Å². The van der Waals surface area contributed by atoms with Crippen LogP contribution in [0.5, 0.6) is 0 Å². The Kier molecular flexibility index (Phi) is 5.56. The number of fused-ring (bicyclic) bond motifs is 1. The van der Waals surface area contributed by atoms with Gasteiger partial charge in [0.15, 0.2) is 0 Å². The standard InChI is InChI=1S/C22H22FN5O2/c1-15-12-21-27(10-3-11-28(21)26-15)22(30)9-8-20(29)25-18-6-7-19(24-14-18)16-4-2-5-17(23)13-16/h2,4-7,12-14H,3,8-11H2,1H3,(H,25,29). The Hall–Kier alpha value is -3.55. The van der Waals surface area contributed by atoms with Crippen molar-refractivity contribution in [3.05, 3.63) is 60.2 Å². The zero-order valence-electron chi connectivity index (χ0n) is 16.6. The number of nitrogens with zero attached hydrogens (tertiary/aromatic N) is 4. The average Bonchev–Trinajstić information content (AvgIpc) is 3.12. The summed E-state index contributed by atoms with van der Waals surface area (Å²) in [5.41, 5.74) is 2.67. The Labute approximate surface area is 173 Å². The Morgan fingerprint density at radius 1 is 1.13 bits per heavy atom. The Morgan fingerprint density at radius 2 is 2.00 bits per heavy atom. The molecule has 30 heavy (non-hydrogen) atoms. The fourth-order valence-corrected chi connectivity index (χ4v) is 3.52. The van der Waals surface area contributed by atoms with Gasteiger partial charge in [0.05, 0.1) is 23.3 Å². The lowest BCUT2D eigenvalue weighted by Gasteiger charge is -2.27. The van der Waals surface area contributed by atoms with Crippen molar-refractivity contribution in [1.82, 2.24) is 14.8 Å². The second kappa shape index (κ2) is 8.44. The van der Waals surface area contributed by atoms with Gasteiger partial charge in [-0.2, -0.15) is 5.10 Å². The summed E-state index contributed by atoms with van der Waals surface area (Å²) >= 11 is 0. The number of benzene rings is 1. The number of amides is 2. The van der Waals surface area contributed by atoms with Crippen LogP contribution in [-0.4, -0.2) is 33.1 Å². The van der Waals surface area contributed by atoms with Gasteiger partial charge in [-0.1, -0.05) is 12.1 Å². The van der Waals surface area contributed by atoms with E-state index in [1.165, 1.54) is 18.3 Å². The van der Waals surface area contributed by atoms with E-state index in [9.17, 15) is 14.0 Å². The molecule has 4 rings (SSSR count). The van der Waals surface area contributed by atoms with Crippen molar-refractivity contribution in [2.24, 2.45) is 0 Å². The summed E-state index contributed by atoms with van der Waals surface area (Å²) in [5, 5.41) is 7.13. The van der Waals surface area contributed by atoms with Gasteiger partial charge in [0.2, 0.25) is 11.8 Å². The zero-order chi connectivity index (χ0) is 21.1. The summed E-state index contributed by atoms with van der Waals surface area (Å²) in [5.74, 6) is 0.112. The maximum Gasteiger partial charge on any atom is 0.228 e. The highest BCUT2D eigenvalue weighted by atomic mass is 19.1. The van der Waals surface area contributed by atoms with Crippen molar-refractivity contribution < 1.29 is 14.0 Å². The highest BCUT2D eigenvalue weighted by Gasteiger charge is 2.24. The molecule has 0 atom stereocenters. The van der Waals surface area contributed by atoms with E-state index in [0.29, 0.717) is 23.5 Å². The molecular weight excluding hydrogens is 385 g/mol. The van der Waals surface area contributed by atoms with Gasteiger partial charge in [-0.25, -0.2) is 9.07 Å². The van der Waals surface area contributed by atoms with Crippen molar-refractivity contribution in [3.8, 4) is 11.3 Å². The molecule has 0 aliphatic carbocycles. The Morgan fingerprint density at radius 3 is 2.77 bits per heavy atom. The summed E-state index contributed by atoms with van der Waals surface area (Å²) in [6.45, 7) is 3.33. The number of hydrogen-bond acceptors (Lipinski definition) is 4. The van der Waals surface area contributed by atoms with Crippen LogP contribution in [-0.2, 0) is 16.1 Å². The molecule has 0 unspecified atom stereocenters. The number of hydrogen-bond donors (Lipinski definition) is 1. The van der Waals surface area contributed by atoms with E-state index < -0.39 is 0 Å². The highest BCUT2D eigenvalue weighted by molar-refractivity contribution is 5.97.